The van der Waals surface area contributed by atoms with Crippen LogP contribution in [0.1, 0.15) is 28.5 Å². The van der Waals surface area contributed by atoms with Gasteiger partial charge in [-0.1, -0.05) is 17.7 Å². The van der Waals surface area contributed by atoms with E-state index in [1.165, 1.54) is 11.3 Å². The van der Waals surface area contributed by atoms with Crippen molar-refractivity contribution in [2.75, 3.05) is 12.4 Å². The zero-order valence-corrected chi connectivity index (χ0v) is 17.2. The third-order valence-electron chi connectivity index (χ3n) is 4.21. The summed E-state index contributed by atoms with van der Waals surface area (Å²) in [6, 6.07) is 7.37. The summed E-state index contributed by atoms with van der Waals surface area (Å²) in [7, 11) is 1.77. The Labute approximate surface area is 172 Å². The number of hydrogen-bond donors (Lipinski definition) is 2. The largest absolute Gasteiger partial charge is 0.365 e. The Kier molecular flexibility index (Phi) is 5.97. The van der Waals surface area contributed by atoms with Gasteiger partial charge in [-0.3, -0.25) is 9.48 Å². The summed E-state index contributed by atoms with van der Waals surface area (Å²) in [4.78, 5) is 16.5. The van der Waals surface area contributed by atoms with E-state index in [9.17, 15) is 4.79 Å². The molecule has 1 amide bonds. The van der Waals surface area contributed by atoms with E-state index in [0.717, 1.165) is 16.8 Å². The van der Waals surface area contributed by atoms with Crippen LogP contribution in [0.3, 0.4) is 0 Å². The average molecular weight is 415 g/mol. The average Bonchev–Trinajstić information content (AvgIpc) is 3.33. The van der Waals surface area contributed by atoms with Gasteiger partial charge < -0.3 is 10.6 Å². The van der Waals surface area contributed by atoms with Crippen LogP contribution in [0.4, 0.5) is 5.13 Å². The number of hydrogen-bond acceptors (Lipinski definition) is 6. The molecule has 1 unspecified atom stereocenters. The summed E-state index contributed by atoms with van der Waals surface area (Å²) in [6.45, 7) is 4.29. The molecule has 2 N–H and O–H groups in total. The van der Waals surface area contributed by atoms with E-state index in [4.69, 9.17) is 16.9 Å². The van der Waals surface area contributed by atoms with E-state index < -0.39 is 0 Å². The first-order chi connectivity index (χ1) is 13.4. The second kappa shape index (κ2) is 8.42. The first-order valence-corrected chi connectivity index (χ1v) is 9.86. The molecule has 9 heteroatoms. The van der Waals surface area contributed by atoms with Crippen LogP contribution in [0.2, 0.25) is 5.02 Å². The van der Waals surface area contributed by atoms with Gasteiger partial charge in [0.15, 0.2) is 5.13 Å². The molecule has 1 atom stereocenters. The number of rotatable bonds is 6. The van der Waals surface area contributed by atoms with E-state index in [1.54, 1.807) is 23.2 Å². The van der Waals surface area contributed by atoms with Gasteiger partial charge in [-0.25, -0.2) is 4.98 Å². The van der Waals surface area contributed by atoms with Crippen molar-refractivity contribution in [3.8, 4) is 17.3 Å². The molecule has 0 spiro atoms. The molecule has 7 nitrogen and oxygen atoms in total. The number of amides is 1. The second-order valence-corrected chi connectivity index (χ2v) is 7.53. The Morgan fingerprint density at radius 2 is 2.21 bits per heavy atom. The predicted molar refractivity (Wildman–Crippen MR) is 111 cm³/mol. The molecule has 0 fully saturated rings. The standard InChI is InChI=1S/C19H19ClN6OS/c1-11(23-18(27)16-10-28-19(22-3)24-16)9-26-7-6-15(25-26)14-5-4-13(8-21)17(20)12(14)2/h4-7,10-11H,9H2,1-3H3,(H,22,24)(H,23,27). The number of carbonyl (C=O) groups is 1. The van der Waals surface area contributed by atoms with Crippen molar-refractivity contribution < 1.29 is 4.79 Å². The van der Waals surface area contributed by atoms with Crippen molar-refractivity contribution in [2.24, 2.45) is 0 Å². The lowest BCUT2D eigenvalue weighted by Crippen LogP contribution is -2.36. The Morgan fingerprint density at radius 1 is 1.43 bits per heavy atom. The molecular formula is C19H19ClN6OS. The van der Waals surface area contributed by atoms with Crippen LogP contribution in [0, 0.1) is 18.3 Å². The molecular weight excluding hydrogens is 396 g/mol. The van der Waals surface area contributed by atoms with Crippen molar-refractivity contribution in [1.82, 2.24) is 20.1 Å². The maximum atomic E-state index is 12.3. The van der Waals surface area contributed by atoms with Gasteiger partial charge >= 0.3 is 0 Å². The van der Waals surface area contributed by atoms with Crippen molar-refractivity contribution >= 4 is 34.0 Å². The van der Waals surface area contributed by atoms with Gasteiger partial charge in [-0.05, 0) is 31.5 Å². The van der Waals surface area contributed by atoms with Crippen molar-refractivity contribution in [1.29, 1.82) is 5.26 Å². The highest BCUT2D eigenvalue weighted by Gasteiger charge is 2.15. The normalized spacial score (nSPS) is 11.7. The van der Waals surface area contributed by atoms with Crippen LogP contribution in [0.15, 0.2) is 29.8 Å². The smallest absolute Gasteiger partial charge is 0.271 e. The minimum atomic E-state index is -0.215. The van der Waals surface area contributed by atoms with E-state index in [0.29, 0.717) is 28.0 Å². The third-order valence-corrected chi connectivity index (χ3v) is 5.56. The van der Waals surface area contributed by atoms with E-state index in [1.807, 2.05) is 32.2 Å². The molecule has 2 aromatic heterocycles. The summed E-state index contributed by atoms with van der Waals surface area (Å²) in [5.41, 5.74) is 3.30. The number of nitrogens with one attached hydrogen (secondary N) is 2. The van der Waals surface area contributed by atoms with Gasteiger partial charge in [0.25, 0.3) is 5.91 Å². The Hall–Kier alpha value is -2.89. The zero-order valence-electron chi connectivity index (χ0n) is 15.7. The first kappa shape index (κ1) is 19.9. The summed E-state index contributed by atoms with van der Waals surface area (Å²) < 4.78 is 1.77. The molecule has 0 saturated heterocycles. The molecule has 3 aromatic rings. The van der Waals surface area contributed by atoms with E-state index >= 15 is 0 Å². The zero-order chi connectivity index (χ0) is 20.3. The van der Waals surface area contributed by atoms with Crippen LogP contribution in [-0.4, -0.2) is 33.8 Å². The number of thiazole rings is 1. The number of carbonyl (C=O) groups excluding carboxylic acids is 1. The molecule has 0 radical (unpaired) electrons. The molecule has 0 aliphatic heterocycles. The molecule has 0 aliphatic rings. The third kappa shape index (κ3) is 4.16. The van der Waals surface area contributed by atoms with Gasteiger partial charge in [0.2, 0.25) is 0 Å². The van der Waals surface area contributed by atoms with Crippen LogP contribution in [0.5, 0.6) is 0 Å². The fourth-order valence-corrected chi connectivity index (χ4v) is 3.63. The number of benzene rings is 1. The van der Waals surface area contributed by atoms with Gasteiger partial charge in [0.1, 0.15) is 11.8 Å². The number of anilines is 1. The molecule has 0 aliphatic carbocycles. The Morgan fingerprint density at radius 3 is 2.89 bits per heavy atom. The lowest BCUT2D eigenvalue weighted by molar-refractivity contribution is 0.0932. The number of halogens is 1. The maximum absolute atomic E-state index is 12.3. The summed E-state index contributed by atoms with van der Waals surface area (Å²) in [6.07, 6.45) is 1.85. The Bertz CT molecular complexity index is 1050. The topological polar surface area (TPSA) is 95.6 Å². The fraction of sp³-hybridized carbons (Fsp3) is 0.263. The summed E-state index contributed by atoms with van der Waals surface area (Å²) in [5.74, 6) is -0.215. The lowest BCUT2D eigenvalue weighted by Gasteiger charge is -2.13. The van der Waals surface area contributed by atoms with Crippen LogP contribution in [0.25, 0.3) is 11.3 Å². The van der Waals surface area contributed by atoms with Crippen molar-refractivity contribution in [3.05, 3.63) is 51.6 Å². The van der Waals surface area contributed by atoms with Crippen molar-refractivity contribution in [2.45, 2.75) is 26.4 Å². The molecule has 3 rings (SSSR count). The second-order valence-electron chi connectivity index (χ2n) is 6.30. The number of nitrogens with zero attached hydrogens (tertiary/aromatic N) is 4. The molecule has 2 heterocycles. The highest BCUT2D eigenvalue weighted by molar-refractivity contribution is 7.13. The molecule has 0 bridgehead atoms. The van der Waals surface area contributed by atoms with Crippen molar-refractivity contribution in [3.63, 3.8) is 0 Å². The summed E-state index contributed by atoms with van der Waals surface area (Å²) in [5, 5.41) is 22.4. The minimum Gasteiger partial charge on any atom is -0.365 e. The number of nitriles is 1. The monoisotopic (exact) mass is 414 g/mol. The van der Waals surface area contributed by atoms with Crippen LogP contribution >= 0.6 is 22.9 Å². The van der Waals surface area contributed by atoms with E-state index in [-0.39, 0.29) is 11.9 Å². The molecule has 28 heavy (non-hydrogen) atoms. The van der Waals surface area contributed by atoms with Crippen LogP contribution < -0.4 is 10.6 Å². The number of aromatic nitrogens is 3. The van der Waals surface area contributed by atoms with Crippen LogP contribution in [-0.2, 0) is 6.54 Å². The predicted octanol–water partition coefficient (Wildman–Crippen LogP) is 3.70. The SMILES string of the molecule is CNc1nc(C(=O)NC(C)Cn2ccc(-c3ccc(C#N)c(Cl)c3C)n2)cs1. The van der Waals surface area contributed by atoms with Gasteiger partial charge in [0.05, 0.1) is 22.8 Å². The lowest BCUT2D eigenvalue weighted by atomic mass is 10.0. The highest BCUT2D eigenvalue weighted by atomic mass is 35.5. The fourth-order valence-electron chi connectivity index (χ4n) is 2.77. The molecule has 1 aromatic carbocycles. The maximum Gasteiger partial charge on any atom is 0.271 e. The quantitative estimate of drug-likeness (QED) is 0.641. The highest BCUT2D eigenvalue weighted by Crippen LogP contribution is 2.29. The minimum absolute atomic E-state index is 0.134. The molecule has 144 valence electrons. The van der Waals surface area contributed by atoms with Gasteiger partial charge in [0, 0.05) is 30.2 Å². The van der Waals surface area contributed by atoms with E-state index in [2.05, 4.69) is 26.8 Å². The Balaban J connectivity index is 1.68. The van der Waals surface area contributed by atoms with Gasteiger partial charge in [-0.15, -0.1) is 11.3 Å². The summed E-state index contributed by atoms with van der Waals surface area (Å²) >= 11 is 7.64. The molecule has 0 saturated carbocycles. The van der Waals surface area contributed by atoms with Gasteiger partial charge in [-0.2, -0.15) is 10.4 Å². The first-order valence-electron chi connectivity index (χ1n) is 8.60.